The summed E-state index contributed by atoms with van der Waals surface area (Å²) in [5.41, 5.74) is 0.416. The van der Waals surface area contributed by atoms with Crippen LogP contribution in [0, 0.1) is 0 Å². The van der Waals surface area contributed by atoms with E-state index in [2.05, 4.69) is 4.74 Å². The predicted octanol–water partition coefficient (Wildman–Crippen LogP) is 4.23. The number of hydrogen-bond acceptors (Lipinski definition) is 2. The molecule has 6 heteroatoms. The normalized spacial score (nSPS) is 16.8. The second-order valence-corrected chi connectivity index (χ2v) is 4.64. The molecule has 0 atom stereocenters. The van der Waals surface area contributed by atoms with E-state index in [4.69, 9.17) is 11.6 Å². The van der Waals surface area contributed by atoms with Gasteiger partial charge in [0.15, 0.2) is 5.75 Å². The zero-order valence-corrected chi connectivity index (χ0v) is 10.4. The van der Waals surface area contributed by atoms with Crippen molar-refractivity contribution < 1.29 is 17.9 Å². The zero-order valence-electron chi connectivity index (χ0n) is 9.63. The van der Waals surface area contributed by atoms with Crippen LogP contribution >= 0.6 is 11.6 Å². The number of ether oxygens (including phenoxy) is 1. The molecule has 18 heavy (non-hydrogen) atoms. The van der Waals surface area contributed by atoms with E-state index >= 15 is 0 Å². The maximum Gasteiger partial charge on any atom is 0.573 e. The third-order valence-corrected chi connectivity index (χ3v) is 3.08. The van der Waals surface area contributed by atoms with Crippen LogP contribution in [0.5, 0.6) is 5.75 Å². The summed E-state index contributed by atoms with van der Waals surface area (Å²) in [5.74, 6) is -0.186. The molecule has 1 fully saturated rings. The Morgan fingerprint density at radius 1 is 1.11 bits per heavy atom. The van der Waals surface area contributed by atoms with E-state index in [1.807, 2.05) is 4.90 Å². The smallest absolute Gasteiger partial charge is 0.404 e. The molecule has 0 radical (unpaired) electrons. The number of rotatable bonds is 2. The molecule has 1 aromatic rings. The van der Waals surface area contributed by atoms with Crippen molar-refractivity contribution in [2.45, 2.75) is 25.6 Å². The average Bonchev–Trinajstić information content (AvgIpc) is 2.31. The Morgan fingerprint density at radius 2 is 1.78 bits per heavy atom. The van der Waals surface area contributed by atoms with Crippen molar-refractivity contribution in [2.24, 2.45) is 0 Å². The highest BCUT2D eigenvalue weighted by atomic mass is 35.5. The summed E-state index contributed by atoms with van der Waals surface area (Å²) in [7, 11) is 0. The number of halogens is 4. The van der Waals surface area contributed by atoms with Crippen LogP contribution < -0.4 is 9.64 Å². The Kier molecular flexibility index (Phi) is 3.90. The molecule has 0 aliphatic carbocycles. The molecule has 1 aliphatic rings. The Bertz CT molecular complexity index is 416. The van der Waals surface area contributed by atoms with E-state index in [1.54, 1.807) is 0 Å². The highest BCUT2D eigenvalue weighted by Gasteiger charge is 2.33. The van der Waals surface area contributed by atoms with Gasteiger partial charge in [-0.3, -0.25) is 0 Å². The molecule has 0 spiro atoms. The fourth-order valence-corrected chi connectivity index (χ4v) is 2.25. The van der Waals surface area contributed by atoms with E-state index in [-0.39, 0.29) is 5.75 Å². The number of alkyl halides is 3. The van der Waals surface area contributed by atoms with E-state index in [9.17, 15) is 13.2 Å². The lowest BCUT2D eigenvalue weighted by Gasteiger charge is -2.30. The van der Waals surface area contributed by atoms with E-state index in [0.29, 0.717) is 10.7 Å². The van der Waals surface area contributed by atoms with Gasteiger partial charge in [0, 0.05) is 18.1 Å². The number of hydrogen-bond donors (Lipinski definition) is 0. The summed E-state index contributed by atoms with van der Waals surface area (Å²) in [5, 5.41) is 0.407. The molecule has 0 saturated carbocycles. The average molecular weight is 280 g/mol. The minimum atomic E-state index is -4.68. The fraction of sp³-hybridized carbons (Fsp3) is 0.500. The highest BCUT2D eigenvalue weighted by molar-refractivity contribution is 6.30. The zero-order chi connectivity index (χ0) is 13.2. The van der Waals surface area contributed by atoms with Gasteiger partial charge in [0.2, 0.25) is 0 Å². The Hall–Kier alpha value is -1.10. The van der Waals surface area contributed by atoms with Crippen LogP contribution in [-0.2, 0) is 0 Å². The SMILES string of the molecule is FC(F)(F)Oc1ccc(Cl)cc1N1CCCCC1. The second-order valence-electron chi connectivity index (χ2n) is 4.21. The number of benzene rings is 1. The largest absolute Gasteiger partial charge is 0.573 e. The van der Waals surface area contributed by atoms with Gasteiger partial charge in [0.25, 0.3) is 0 Å². The van der Waals surface area contributed by atoms with E-state index < -0.39 is 6.36 Å². The van der Waals surface area contributed by atoms with Crippen LogP contribution in [0.2, 0.25) is 5.02 Å². The van der Waals surface area contributed by atoms with Crippen molar-refractivity contribution in [2.75, 3.05) is 18.0 Å². The first-order valence-corrected chi connectivity index (χ1v) is 6.14. The topological polar surface area (TPSA) is 12.5 Å². The van der Waals surface area contributed by atoms with Crippen molar-refractivity contribution in [1.29, 1.82) is 0 Å². The summed E-state index contributed by atoms with van der Waals surface area (Å²) < 4.78 is 41.0. The van der Waals surface area contributed by atoms with Crippen LogP contribution in [-0.4, -0.2) is 19.5 Å². The summed E-state index contributed by atoms with van der Waals surface area (Å²) in [4.78, 5) is 1.89. The number of anilines is 1. The lowest BCUT2D eigenvalue weighted by atomic mass is 10.1. The highest BCUT2D eigenvalue weighted by Crippen LogP contribution is 2.36. The van der Waals surface area contributed by atoms with Gasteiger partial charge in [0.05, 0.1) is 5.69 Å². The lowest BCUT2D eigenvalue weighted by Crippen LogP contribution is -2.30. The predicted molar refractivity (Wildman–Crippen MR) is 64.2 cm³/mol. The molecule has 1 heterocycles. The molecule has 2 rings (SSSR count). The van der Waals surface area contributed by atoms with Gasteiger partial charge in [-0.15, -0.1) is 13.2 Å². The molecule has 1 saturated heterocycles. The van der Waals surface area contributed by atoms with Crippen LogP contribution in [0.25, 0.3) is 0 Å². The molecule has 0 aromatic heterocycles. The van der Waals surface area contributed by atoms with Crippen molar-refractivity contribution >= 4 is 17.3 Å². The molecule has 1 aromatic carbocycles. The van der Waals surface area contributed by atoms with Crippen molar-refractivity contribution in [3.05, 3.63) is 23.2 Å². The molecule has 1 aliphatic heterocycles. The summed E-state index contributed by atoms with van der Waals surface area (Å²) in [6.45, 7) is 1.46. The number of piperidine rings is 1. The summed E-state index contributed by atoms with van der Waals surface area (Å²) in [6.07, 6.45) is -1.64. The third-order valence-electron chi connectivity index (χ3n) is 2.84. The van der Waals surface area contributed by atoms with Gasteiger partial charge >= 0.3 is 6.36 Å². The van der Waals surface area contributed by atoms with Gasteiger partial charge in [-0.05, 0) is 37.5 Å². The molecular weight excluding hydrogens is 267 g/mol. The van der Waals surface area contributed by atoms with Crippen LogP contribution in [0.3, 0.4) is 0 Å². The summed E-state index contributed by atoms with van der Waals surface area (Å²) >= 11 is 5.84. The molecule has 100 valence electrons. The maximum atomic E-state index is 12.3. The molecule has 0 unspecified atom stereocenters. The van der Waals surface area contributed by atoms with Crippen molar-refractivity contribution in [1.82, 2.24) is 0 Å². The molecule has 0 bridgehead atoms. The van der Waals surface area contributed by atoms with Crippen LogP contribution in [0.4, 0.5) is 18.9 Å². The lowest BCUT2D eigenvalue weighted by molar-refractivity contribution is -0.274. The van der Waals surface area contributed by atoms with Gasteiger partial charge < -0.3 is 9.64 Å². The van der Waals surface area contributed by atoms with Gasteiger partial charge in [-0.25, -0.2) is 0 Å². The standard InChI is InChI=1S/C12H13ClF3NO/c13-9-4-5-11(18-12(14,15)16)10(8-9)17-6-2-1-3-7-17/h4-5,8H,1-3,6-7H2. The molecular formula is C12H13ClF3NO. The third kappa shape index (κ3) is 3.45. The van der Waals surface area contributed by atoms with Gasteiger partial charge in [-0.2, -0.15) is 0 Å². The van der Waals surface area contributed by atoms with Gasteiger partial charge in [-0.1, -0.05) is 11.6 Å². The first-order valence-electron chi connectivity index (χ1n) is 5.76. The fourth-order valence-electron chi connectivity index (χ4n) is 2.08. The maximum absolute atomic E-state index is 12.3. The van der Waals surface area contributed by atoms with Crippen molar-refractivity contribution in [3.8, 4) is 5.75 Å². The Balaban J connectivity index is 2.28. The van der Waals surface area contributed by atoms with Crippen LogP contribution in [0.1, 0.15) is 19.3 Å². The molecule has 2 nitrogen and oxygen atoms in total. The Labute approximate surface area is 108 Å². The molecule has 0 N–H and O–H groups in total. The van der Waals surface area contributed by atoms with Crippen molar-refractivity contribution in [3.63, 3.8) is 0 Å². The minimum absolute atomic E-state index is 0.186. The monoisotopic (exact) mass is 279 g/mol. The summed E-state index contributed by atoms with van der Waals surface area (Å²) in [6, 6.07) is 4.18. The number of nitrogens with zero attached hydrogens (tertiary/aromatic N) is 1. The first-order chi connectivity index (χ1) is 8.46. The first kappa shape index (κ1) is 13.3. The van der Waals surface area contributed by atoms with E-state index in [1.165, 1.54) is 18.2 Å². The molecule has 0 amide bonds. The van der Waals surface area contributed by atoms with Gasteiger partial charge in [0.1, 0.15) is 0 Å². The Morgan fingerprint density at radius 3 is 2.39 bits per heavy atom. The minimum Gasteiger partial charge on any atom is -0.404 e. The van der Waals surface area contributed by atoms with E-state index in [0.717, 1.165) is 32.4 Å². The quantitative estimate of drug-likeness (QED) is 0.803. The van der Waals surface area contributed by atoms with Crippen LogP contribution in [0.15, 0.2) is 18.2 Å². The second kappa shape index (κ2) is 5.26.